The average Bonchev–Trinajstić information content (AvgIpc) is 3.00. The Morgan fingerprint density at radius 3 is 2.50 bits per heavy atom. The van der Waals surface area contributed by atoms with Gasteiger partial charge >= 0.3 is 6.18 Å². The van der Waals surface area contributed by atoms with Gasteiger partial charge in [-0.1, -0.05) is 0 Å². The zero-order chi connectivity index (χ0) is 17.3. The summed E-state index contributed by atoms with van der Waals surface area (Å²) in [7, 11) is 1.81. The molecule has 0 radical (unpaired) electrons. The van der Waals surface area contributed by atoms with Crippen molar-refractivity contribution in [1.82, 2.24) is 19.7 Å². The molecule has 3 heterocycles. The molecule has 1 aliphatic rings. The molecule has 2 aromatic heterocycles. The summed E-state index contributed by atoms with van der Waals surface area (Å²) in [5.74, 6) is -0.638. The van der Waals surface area contributed by atoms with Gasteiger partial charge in [0.2, 0.25) is 0 Å². The van der Waals surface area contributed by atoms with E-state index in [0.717, 1.165) is 11.9 Å². The van der Waals surface area contributed by atoms with Crippen molar-refractivity contribution >= 4 is 11.6 Å². The van der Waals surface area contributed by atoms with Gasteiger partial charge in [-0.15, -0.1) is 0 Å². The minimum atomic E-state index is -4.65. The molecule has 3 rings (SSSR count). The van der Waals surface area contributed by atoms with E-state index in [-0.39, 0.29) is 0 Å². The van der Waals surface area contributed by atoms with Gasteiger partial charge in [-0.3, -0.25) is 14.5 Å². The lowest BCUT2D eigenvalue weighted by Gasteiger charge is -2.35. The second kappa shape index (κ2) is 6.14. The fourth-order valence-electron chi connectivity index (χ4n) is 2.71. The van der Waals surface area contributed by atoms with Gasteiger partial charge in [-0.25, -0.2) is 0 Å². The number of halogens is 3. The second-order valence-corrected chi connectivity index (χ2v) is 5.55. The smallest absolute Gasteiger partial charge is 0.365 e. The summed E-state index contributed by atoms with van der Waals surface area (Å²) in [4.78, 5) is 19.3. The number of hydrogen-bond donors (Lipinski definition) is 0. The lowest BCUT2D eigenvalue weighted by atomic mass is 10.1. The number of rotatable bonds is 2. The summed E-state index contributed by atoms with van der Waals surface area (Å²) in [6.07, 6.45) is -0.0234. The molecular formula is C15H16F3N5O. The van der Waals surface area contributed by atoms with E-state index in [9.17, 15) is 18.0 Å². The molecule has 0 aromatic carbocycles. The largest absolute Gasteiger partial charge is 0.434 e. The Hall–Kier alpha value is -2.58. The van der Waals surface area contributed by atoms with E-state index < -0.39 is 23.3 Å². The zero-order valence-electron chi connectivity index (χ0n) is 13.0. The van der Waals surface area contributed by atoms with Crippen LogP contribution in [-0.2, 0) is 13.2 Å². The summed E-state index contributed by atoms with van der Waals surface area (Å²) < 4.78 is 40.7. The number of nitrogens with zero attached hydrogens (tertiary/aromatic N) is 5. The highest BCUT2D eigenvalue weighted by Gasteiger charge is 2.38. The standard InChI is InChI=1S/C15H16F3N5O/c1-21-10-11(9-20-21)22-5-7-23(8-6-22)14(24)12-3-2-4-19-13(12)15(16,17)18/h2-4,9-10H,5-8H2,1H3. The fourth-order valence-corrected chi connectivity index (χ4v) is 2.71. The Morgan fingerprint density at radius 2 is 1.92 bits per heavy atom. The Kier molecular flexibility index (Phi) is 4.16. The van der Waals surface area contributed by atoms with Crippen molar-refractivity contribution in [1.29, 1.82) is 0 Å². The molecule has 0 atom stereocenters. The highest BCUT2D eigenvalue weighted by atomic mass is 19.4. The van der Waals surface area contributed by atoms with Crippen molar-refractivity contribution in [3.8, 4) is 0 Å². The molecule has 24 heavy (non-hydrogen) atoms. The molecule has 0 N–H and O–H groups in total. The summed E-state index contributed by atoms with van der Waals surface area (Å²) in [6.45, 7) is 1.78. The second-order valence-electron chi connectivity index (χ2n) is 5.55. The van der Waals surface area contributed by atoms with Crippen molar-refractivity contribution in [2.75, 3.05) is 31.1 Å². The number of carbonyl (C=O) groups excluding carboxylic acids is 1. The number of aromatic nitrogens is 3. The molecule has 0 spiro atoms. The molecule has 1 saturated heterocycles. The molecule has 9 heteroatoms. The Bertz CT molecular complexity index is 735. The van der Waals surface area contributed by atoms with Crippen LogP contribution < -0.4 is 4.90 Å². The van der Waals surface area contributed by atoms with Gasteiger partial charge in [0.25, 0.3) is 5.91 Å². The summed E-state index contributed by atoms with van der Waals surface area (Å²) in [5, 5.41) is 4.09. The quantitative estimate of drug-likeness (QED) is 0.837. The molecule has 0 saturated carbocycles. The fraction of sp³-hybridized carbons (Fsp3) is 0.400. The first-order chi connectivity index (χ1) is 11.4. The summed E-state index contributed by atoms with van der Waals surface area (Å²) in [6, 6.07) is 2.51. The summed E-state index contributed by atoms with van der Waals surface area (Å²) in [5.41, 5.74) is -0.605. The van der Waals surface area contributed by atoms with E-state index >= 15 is 0 Å². The van der Waals surface area contributed by atoms with E-state index in [1.165, 1.54) is 17.0 Å². The highest BCUT2D eigenvalue weighted by molar-refractivity contribution is 5.95. The third-order valence-corrected chi connectivity index (χ3v) is 3.93. The maximum atomic E-state index is 13.0. The van der Waals surface area contributed by atoms with Crippen LogP contribution in [0, 0.1) is 0 Å². The van der Waals surface area contributed by atoms with E-state index in [1.807, 2.05) is 18.1 Å². The van der Waals surface area contributed by atoms with Crippen molar-refractivity contribution in [2.45, 2.75) is 6.18 Å². The first-order valence-electron chi connectivity index (χ1n) is 7.41. The zero-order valence-corrected chi connectivity index (χ0v) is 13.0. The van der Waals surface area contributed by atoms with E-state index in [2.05, 4.69) is 10.1 Å². The van der Waals surface area contributed by atoms with Gasteiger partial charge in [0.15, 0.2) is 5.69 Å². The lowest BCUT2D eigenvalue weighted by Crippen LogP contribution is -2.49. The highest BCUT2D eigenvalue weighted by Crippen LogP contribution is 2.30. The van der Waals surface area contributed by atoms with Gasteiger partial charge in [0, 0.05) is 45.6 Å². The van der Waals surface area contributed by atoms with E-state index in [0.29, 0.717) is 26.2 Å². The molecule has 0 aliphatic carbocycles. The lowest BCUT2D eigenvalue weighted by molar-refractivity contribution is -0.141. The van der Waals surface area contributed by atoms with Crippen molar-refractivity contribution < 1.29 is 18.0 Å². The first-order valence-corrected chi connectivity index (χ1v) is 7.41. The molecule has 0 bridgehead atoms. The first kappa shape index (κ1) is 16.3. The number of piperazine rings is 1. The summed E-state index contributed by atoms with van der Waals surface area (Å²) >= 11 is 0. The van der Waals surface area contributed by atoms with Gasteiger partial charge in [-0.2, -0.15) is 18.3 Å². The van der Waals surface area contributed by atoms with Gasteiger partial charge in [-0.05, 0) is 12.1 Å². The predicted octanol–water partition coefficient (Wildman–Crippen LogP) is 1.80. The van der Waals surface area contributed by atoms with Gasteiger partial charge in [0.1, 0.15) is 0 Å². The van der Waals surface area contributed by atoms with Crippen LogP contribution >= 0.6 is 0 Å². The molecule has 128 valence electrons. The van der Waals surface area contributed by atoms with Crippen LogP contribution in [0.1, 0.15) is 16.1 Å². The molecule has 1 fully saturated rings. The SMILES string of the molecule is Cn1cc(N2CCN(C(=O)c3cccnc3C(F)(F)F)CC2)cn1. The van der Waals surface area contributed by atoms with Crippen molar-refractivity contribution in [3.05, 3.63) is 42.0 Å². The normalized spacial score (nSPS) is 15.7. The minimum Gasteiger partial charge on any atom is -0.365 e. The van der Waals surface area contributed by atoms with Gasteiger partial charge in [0.05, 0.1) is 17.4 Å². The molecule has 6 nitrogen and oxygen atoms in total. The van der Waals surface area contributed by atoms with Crippen LogP contribution in [0.5, 0.6) is 0 Å². The monoisotopic (exact) mass is 339 g/mol. The topological polar surface area (TPSA) is 54.3 Å². The molecule has 1 aliphatic heterocycles. The maximum Gasteiger partial charge on any atom is 0.434 e. The molecule has 0 unspecified atom stereocenters. The molecule has 1 amide bonds. The van der Waals surface area contributed by atoms with Crippen LogP contribution in [0.15, 0.2) is 30.7 Å². The van der Waals surface area contributed by atoms with Crippen LogP contribution in [0.25, 0.3) is 0 Å². The number of hydrogen-bond acceptors (Lipinski definition) is 4. The number of aryl methyl sites for hydroxylation is 1. The van der Waals surface area contributed by atoms with Crippen molar-refractivity contribution in [2.24, 2.45) is 7.05 Å². The number of alkyl halides is 3. The number of pyridine rings is 1. The average molecular weight is 339 g/mol. The Labute approximate surface area is 136 Å². The Balaban J connectivity index is 1.72. The number of carbonyl (C=O) groups is 1. The molecular weight excluding hydrogens is 323 g/mol. The number of amides is 1. The van der Waals surface area contributed by atoms with Crippen LogP contribution in [0.4, 0.5) is 18.9 Å². The number of anilines is 1. The third-order valence-electron chi connectivity index (χ3n) is 3.93. The third kappa shape index (κ3) is 3.19. The Morgan fingerprint density at radius 1 is 1.21 bits per heavy atom. The van der Waals surface area contributed by atoms with Crippen molar-refractivity contribution in [3.63, 3.8) is 0 Å². The van der Waals surface area contributed by atoms with Crippen LogP contribution in [0.3, 0.4) is 0 Å². The van der Waals surface area contributed by atoms with E-state index in [1.54, 1.807) is 10.9 Å². The predicted molar refractivity (Wildman–Crippen MR) is 80.6 cm³/mol. The minimum absolute atomic E-state index is 0.347. The van der Waals surface area contributed by atoms with Gasteiger partial charge < -0.3 is 9.80 Å². The van der Waals surface area contributed by atoms with E-state index in [4.69, 9.17) is 0 Å². The maximum absolute atomic E-state index is 13.0. The van der Waals surface area contributed by atoms with Crippen LogP contribution in [0.2, 0.25) is 0 Å². The van der Waals surface area contributed by atoms with Crippen LogP contribution in [-0.4, -0.2) is 51.8 Å². The molecule has 2 aromatic rings.